The number of rotatable bonds is 6. The third kappa shape index (κ3) is 3.79. The molecule has 0 saturated carbocycles. The average molecular weight is 376 g/mol. The predicted molar refractivity (Wildman–Crippen MR) is 110 cm³/mol. The summed E-state index contributed by atoms with van der Waals surface area (Å²) in [4.78, 5) is 17.2. The van der Waals surface area contributed by atoms with E-state index in [2.05, 4.69) is 22.4 Å². The van der Waals surface area contributed by atoms with E-state index < -0.39 is 6.10 Å². The van der Waals surface area contributed by atoms with E-state index in [1.807, 2.05) is 37.3 Å². The molecule has 1 aromatic heterocycles. The fourth-order valence-corrected chi connectivity index (χ4v) is 3.63. The fourth-order valence-electron chi connectivity index (χ4n) is 3.63. The molecule has 4 rings (SSSR count). The van der Waals surface area contributed by atoms with Gasteiger partial charge in [0.15, 0.2) is 6.10 Å². The molecule has 1 atom stereocenters. The zero-order valence-corrected chi connectivity index (χ0v) is 16.2. The molecule has 5 nitrogen and oxygen atoms in total. The number of pyridine rings is 1. The van der Waals surface area contributed by atoms with E-state index in [1.165, 1.54) is 17.5 Å². The molecule has 0 aliphatic heterocycles. The first-order valence-electron chi connectivity index (χ1n) is 9.69. The molecule has 28 heavy (non-hydrogen) atoms. The lowest BCUT2D eigenvalue weighted by molar-refractivity contribution is -0.122. The summed E-state index contributed by atoms with van der Waals surface area (Å²) in [6, 6.07) is 13.7. The van der Waals surface area contributed by atoms with Gasteiger partial charge in [-0.1, -0.05) is 13.0 Å². The lowest BCUT2D eigenvalue weighted by Crippen LogP contribution is -2.32. The summed E-state index contributed by atoms with van der Waals surface area (Å²) >= 11 is 0. The molecule has 1 heterocycles. The zero-order chi connectivity index (χ0) is 19.5. The van der Waals surface area contributed by atoms with Gasteiger partial charge in [0, 0.05) is 11.5 Å². The molecule has 3 aromatic rings. The largest absolute Gasteiger partial charge is 0.497 e. The Kier molecular flexibility index (Phi) is 5.15. The van der Waals surface area contributed by atoms with Crippen LogP contribution in [0.2, 0.25) is 0 Å². The highest BCUT2D eigenvalue weighted by Gasteiger charge is 2.20. The van der Waals surface area contributed by atoms with Crippen molar-refractivity contribution in [1.29, 1.82) is 0 Å². The van der Waals surface area contributed by atoms with Gasteiger partial charge in [0.2, 0.25) is 0 Å². The minimum absolute atomic E-state index is 0.169. The van der Waals surface area contributed by atoms with Crippen LogP contribution in [0.1, 0.15) is 30.9 Å². The maximum Gasteiger partial charge on any atom is 0.265 e. The van der Waals surface area contributed by atoms with E-state index >= 15 is 0 Å². The predicted octanol–water partition coefficient (Wildman–Crippen LogP) is 4.53. The van der Waals surface area contributed by atoms with Crippen molar-refractivity contribution in [2.75, 3.05) is 12.4 Å². The van der Waals surface area contributed by atoms with Crippen molar-refractivity contribution in [1.82, 2.24) is 4.98 Å². The van der Waals surface area contributed by atoms with Crippen molar-refractivity contribution in [3.05, 3.63) is 59.8 Å². The summed E-state index contributed by atoms with van der Waals surface area (Å²) in [7, 11) is 1.63. The molecule has 0 fully saturated rings. The Morgan fingerprint density at radius 3 is 2.75 bits per heavy atom. The van der Waals surface area contributed by atoms with Gasteiger partial charge >= 0.3 is 0 Å². The number of aryl methyl sites for hydroxylation is 2. The zero-order valence-electron chi connectivity index (χ0n) is 16.2. The van der Waals surface area contributed by atoms with Crippen LogP contribution in [0.15, 0.2) is 48.7 Å². The number of carbonyl (C=O) groups is 1. The lowest BCUT2D eigenvalue weighted by Gasteiger charge is -2.18. The molecule has 5 heteroatoms. The van der Waals surface area contributed by atoms with Crippen LogP contribution in [-0.4, -0.2) is 24.1 Å². The summed E-state index contributed by atoms with van der Waals surface area (Å²) in [5.41, 5.74) is 4.20. The summed E-state index contributed by atoms with van der Waals surface area (Å²) in [5.74, 6) is 1.34. The quantitative estimate of drug-likeness (QED) is 0.687. The molecule has 1 aliphatic rings. The van der Waals surface area contributed by atoms with E-state index in [0.29, 0.717) is 12.1 Å². The number of amides is 1. The topological polar surface area (TPSA) is 60.5 Å². The Hall–Kier alpha value is -3.08. The molecule has 0 spiro atoms. The average Bonchev–Trinajstić information content (AvgIpc) is 3.19. The highest BCUT2D eigenvalue weighted by Crippen LogP contribution is 2.27. The number of carbonyl (C=O) groups excluding carboxylic acids is 1. The van der Waals surface area contributed by atoms with Gasteiger partial charge in [-0.15, -0.1) is 0 Å². The number of hydrogen-bond donors (Lipinski definition) is 1. The first-order chi connectivity index (χ1) is 13.7. The molecule has 0 radical (unpaired) electrons. The van der Waals surface area contributed by atoms with Crippen LogP contribution in [0, 0.1) is 0 Å². The monoisotopic (exact) mass is 376 g/mol. The van der Waals surface area contributed by atoms with E-state index in [1.54, 1.807) is 13.3 Å². The van der Waals surface area contributed by atoms with Gasteiger partial charge in [-0.05, 0) is 67.1 Å². The SMILES string of the molecule is CCC(Oc1ccc2c(c1)CCC2)C(=O)Nc1cnc2cc(OC)ccc2c1. The standard InChI is InChI=1S/C23H24N2O3/c1-3-22(28-20-10-7-15-5-4-6-16(15)12-20)23(26)25-18-11-17-8-9-19(27-2)13-21(17)24-14-18/h7-14,22H,3-6H2,1-2H3,(H,25,26). The van der Waals surface area contributed by atoms with Crippen LogP contribution in [0.4, 0.5) is 5.69 Å². The minimum Gasteiger partial charge on any atom is -0.497 e. The second-order valence-electron chi connectivity index (χ2n) is 7.07. The maximum absolute atomic E-state index is 12.7. The van der Waals surface area contributed by atoms with Crippen LogP contribution in [-0.2, 0) is 17.6 Å². The third-order valence-electron chi connectivity index (χ3n) is 5.17. The Labute approximate surface area is 164 Å². The molecule has 0 saturated heterocycles. The van der Waals surface area contributed by atoms with Crippen LogP contribution in [0.3, 0.4) is 0 Å². The molecule has 2 aromatic carbocycles. The fraction of sp³-hybridized carbons (Fsp3) is 0.304. The van der Waals surface area contributed by atoms with Crippen molar-refractivity contribution >= 4 is 22.5 Å². The molecule has 1 amide bonds. The summed E-state index contributed by atoms with van der Waals surface area (Å²) in [5, 5.41) is 3.86. The lowest BCUT2D eigenvalue weighted by atomic mass is 10.1. The van der Waals surface area contributed by atoms with Crippen LogP contribution in [0.5, 0.6) is 11.5 Å². The number of methoxy groups -OCH3 is 1. The van der Waals surface area contributed by atoms with Crippen molar-refractivity contribution in [2.24, 2.45) is 0 Å². The summed E-state index contributed by atoms with van der Waals surface area (Å²) < 4.78 is 11.2. The maximum atomic E-state index is 12.7. The number of aromatic nitrogens is 1. The number of nitrogens with zero attached hydrogens (tertiary/aromatic N) is 1. The van der Waals surface area contributed by atoms with Crippen molar-refractivity contribution in [2.45, 2.75) is 38.7 Å². The highest BCUT2D eigenvalue weighted by atomic mass is 16.5. The first kappa shape index (κ1) is 18.3. The van der Waals surface area contributed by atoms with Crippen LogP contribution < -0.4 is 14.8 Å². The number of nitrogens with one attached hydrogen (secondary N) is 1. The molecule has 144 valence electrons. The summed E-state index contributed by atoms with van der Waals surface area (Å²) in [6.45, 7) is 1.95. The van der Waals surface area contributed by atoms with E-state index in [9.17, 15) is 4.79 Å². The van der Waals surface area contributed by atoms with Gasteiger partial charge in [-0.3, -0.25) is 9.78 Å². The van der Waals surface area contributed by atoms with Crippen LogP contribution in [0.25, 0.3) is 10.9 Å². The third-order valence-corrected chi connectivity index (χ3v) is 5.17. The van der Waals surface area contributed by atoms with Crippen molar-refractivity contribution in [3.8, 4) is 11.5 Å². The number of ether oxygens (including phenoxy) is 2. The van der Waals surface area contributed by atoms with Crippen molar-refractivity contribution in [3.63, 3.8) is 0 Å². The summed E-state index contributed by atoms with van der Waals surface area (Å²) in [6.07, 6.45) is 5.10. The second kappa shape index (κ2) is 7.89. The number of fused-ring (bicyclic) bond motifs is 2. The van der Waals surface area contributed by atoms with Crippen molar-refractivity contribution < 1.29 is 14.3 Å². The van der Waals surface area contributed by atoms with Crippen LogP contribution >= 0.6 is 0 Å². The molecule has 1 aliphatic carbocycles. The number of benzene rings is 2. The van der Waals surface area contributed by atoms with E-state index in [-0.39, 0.29) is 5.91 Å². The number of hydrogen-bond acceptors (Lipinski definition) is 4. The van der Waals surface area contributed by atoms with Gasteiger partial charge in [-0.2, -0.15) is 0 Å². The van der Waals surface area contributed by atoms with Gasteiger partial charge < -0.3 is 14.8 Å². The normalized spacial score (nSPS) is 13.8. The first-order valence-corrected chi connectivity index (χ1v) is 9.69. The Bertz CT molecular complexity index is 1020. The Balaban J connectivity index is 1.47. The van der Waals surface area contributed by atoms with E-state index in [4.69, 9.17) is 9.47 Å². The second-order valence-corrected chi connectivity index (χ2v) is 7.07. The molecule has 1 N–H and O–H groups in total. The minimum atomic E-state index is -0.550. The molecular weight excluding hydrogens is 352 g/mol. The molecule has 1 unspecified atom stereocenters. The smallest absolute Gasteiger partial charge is 0.265 e. The number of anilines is 1. The van der Waals surface area contributed by atoms with Gasteiger partial charge in [0.1, 0.15) is 11.5 Å². The van der Waals surface area contributed by atoms with Gasteiger partial charge in [0.05, 0.1) is 24.5 Å². The van der Waals surface area contributed by atoms with Gasteiger partial charge in [0.25, 0.3) is 5.91 Å². The molecule has 0 bridgehead atoms. The molecular formula is C23H24N2O3. The highest BCUT2D eigenvalue weighted by molar-refractivity contribution is 5.96. The van der Waals surface area contributed by atoms with Gasteiger partial charge in [-0.25, -0.2) is 0 Å². The Morgan fingerprint density at radius 2 is 1.93 bits per heavy atom. The van der Waals surface area contributed by atoms with E-state index in [0.717, 1.165) is 35.2 Å². The Morgan fingerprint density at radius 1 is 1.11 bits per heavy atom.